The van der Waals surface area contributed by atoms with Crippen LogP contribution in [-0.2, 0) is 10.2 Å². The highest BCUT2D eigenvalue weighted by atomic mass is 31.2. The Bertz CT molecular complexity index is 510. The van der Waals surface area contributed by atoms with Crippen LogP contribution in [0.3, 0.4) is 0 Å². The molecule has 23 heavy (non-hydrogen) atoms. The highest BCUT2D eigenvalue weighted by Gasteiger charge is 2.34. The molecule has 1 aromatic carbocycles. The van der Waals surface area contributed by atoms with E-state index in [-0.39, 0.29) is 5.92 Å². The molecule has 2 atom stereocenters. The second kappa shape index (κ2) is 9.37. The Labute approximate surface area is 137 Å². The standard InChI is InChI=1S/C15H25NO2.H3O4P/c1-6-15(17,12(2)11-16(3)4)13-8-7-9-14(10-13)18-5;1-5(2,3)4/h7-10,12,17H,6,11H2,1-5H3;(H3,1,2,3,4)/p-1/t12-,15-;/m1./s1. The van der Waals surface area contributed by atoms with Gasteiger partial charge in [0.2, 0.25) is 0 Å². The lowest BCUT2D eigenvalue weighted by Crippen LogP contribution is -2.38. The maximum absolute atomic E-state index is 10.9. The zero-order valence-corrected chi connectivity index (χ0v) is 15.2. The van der Waals surface area contributed by atoms with Crippen molar-refractivity contribution in [2.45, 2.75) is 25.9 Å². The average molecular weight is 348 g/mol. The zero-order chi connectivity index (χ0) is 18.3. The Morgan fingerprint density at radius 1 is 1.39 bits per heavy atom. The third kappa shape index (κ3) is 8.46. The van der Waals surface area contributed by atoms with Crippen LogP contribution in [0.5, 0.6) is 5.75 Å². The Kier molecular flexibility index (Phi) is 8.98. The van der Waals surface area contributed by atoms with Crippen LogP contribution in [0.1, 0.15) is 25.8 Å². The maximum Gasteiger partial charge on any atom is 0.262 e. The number of rotatable bonds is 6. The summed E-state index contributed by atoms with van der Waals surface area (Å²) in [6.07, 6.45) is 0.690. The minimum absolute atomic E-state index is 0.157. The Hall–Kier alpha value is -0.950. The number of hydrogen-bond acceptors (Lipinski definition) is 5. The van der Waals surface area contributed by atoms with Crippen molar-refractivity contribution < 1.29 is 29.1 Å². The first-order valence-corrected chi connectivity index (χ1v) is 8.75. The van der Waals surface area contributed by atoms with Crippen molar-refractivity contribution >= 4 is 7.82 Å². The van der Waals surface area contributed by atoms with Crippen LogP contribution in [0.15, 0.2) is 24.3 Å². The van der Waals surface area contributed by atoms with Crippen LogP contribution < -0.4 is 9.63 Å². The number of aliphatic hydroxyl groups is 1. The van der Waals surface area contributed by atoms with Crippen molar-refractivity contribution in [3.8, 4) is 5.75 Å². The van der Waals surface area contributed by atoms with Gasteiger partial charge in [-0.25, -0.2) is 0 Å². The first kappa shape index (κ1) is 22.1. The number of hydrogen-bond donors (Lipinski definition) is 3. The van der Waals surface area contributed by atoms with Gasteiger partial charge in [0.25, 0.3) is 7.82 Å². The predicted octanol–water partition coefficient (Wildman–Crippen LogP) is 0.930. The molecule has 0 saturated heterocycles. The van der Waals surface area contributed by atoms with Gasteiger partial charge in [-0.1, -0.05) is 26.0 Å². The first-order valence-electron chi connectivity index (χ1n) is 7.22. The number of ether oxygens (including phenoxy) is 1. The molecule has 0 spiro atoms. The monoisotopic (exact) mass is 348 g/mol. The molecule has 0 heterocycles. The van der Waals surface area contributed by atoms with E-state index in [4.69, 9.17) is 24.0 Å². The minimum Gasteiger partial charge on any atom is -0.756 e. The smallest absolute Gasteiger partial charge is 0.262 e. The topological polar surface area (TPSA) is 113 Å². The van der Waals surface area contributed by atoms with E-state index < -0.39 is 13.4 Å². The molecule has 0 aliphatic rings. The SMILES string of the molecule is CC[C@](O)(c1cccc(OC)c1)[C@H](C)CN(C)C.O=P([O-])(O)O. The van der Waals surface area contributed by atoms with Gasteiger partial charge in [0, 0.05) is 12.5 Å². The van der Waals surface area contributed by atoms with E-state index in [1.54, 1.807) is 7.11 Å². The molecule has 0 radical (unpaired) electrons. The van der Waals surface area contributed by atoms with Crippen molar-refractivity contribution in [2.75, 3.05) is 27.7 Å². The van der Waals surface area contributed by atoms with Crippen molar-refractivity contribution in [1.82, 2.24) is 4.90 Å². The third-order valence-corrected chi connectivity index (χ3v) is 3.56. The molecule has 134 valence electrons. The largest absolute Gasteiger partial charge is 0.756 e. The predicted molar refractivity (Wildman–Crippen MR) is 86.9 cm³/mol. The fraction of sp³-hybridized carbons (Fsp3) is 0.600. The summed E-state index contributed by atoms with van der Waals surface area (Å²) in [5.41, 5.74) is 0.123. The highest BCUT2D eigenvalue weighted by molar-refractivity contribution is 7.43. The molecule has 0 aromatic heterocycles. The van der Waals surface area contributed by atoms with Crippen molar-refractivity contribution in [3.05, 3.63) is 29.8 Å². The van der Waals surface area contributed by atoms with Crippen LogP contribution in [-0.4, -0.2) is 47.5 Å². The van der Waals surface area contributed by atoms with Gasteiger partial charge in [-0.05, 0) is 38.2 Å². The van der Waals surface area contributed by atoms with Crippen molar-refractivity contribution in [3.63, 3.8) is 0 Å². The maximum atomic E-state index is 10.9. The molecule has 0 unspecified atom stereocenters. The van der Waals surface area contributed by atoms with E-state index in [2.05, 4.69) is 11.8 Å². The Morgan fingerprint density at radius 3 is 2.30 bits per heavy atom. The Balaban J connectivity index is 0.000000841. The quantitative estimate of drug-likeness (QED) is 0.655. The minimum atomic E-state index is -4.89. The van der Waals surface area contributed by atoms with E-state index >= 15 is 0 Å². The van der Waals surface area contributed by atoms with Gasteiger partial charge < -0.3 is 29.4 Å². The number of methoxy groups -OCH3 is 1. The first-order chi connectivity index (χ1) is 10.4. The fourth-order valence-corrected chi connectivity index (χ4v) is 2.43. The van der Waals surface area contributed by atoms with Gasteiger partial charge in [-0.2, -0.15) is 0 Å². The molecule has 0 saturated carbocycles. The van der Waals surface area contributed by atoms with E-state index in [0.29, 0.717) is 6.42 Å². The van der Waals surface area contributed by atoms with E-state index in [9.17, 15) is 5.11 Å². The molecule has 1 aromatic rings. The molecule has 0 bridgehead atoms. The van der Waals surface area contributed by atoms with Crippen LogP contribution in [0, 0.1) is 5.92 Å². The molecular formula is C15H27NO6P-. The summed E-state index contributed by atoms with van der Waals surface area (Å²) < 4.78 is 14.0. The average Bonchev–Trinajstić information content (AvgIpc) is 2.43. The summed E-state index contributed by atoms with van der Waals surface area (Å²) in [4.78, 5) is 25.0. The molecule has 1 rings (SSSR count). The van der Waals surface area contributed by atoms with Crippen LogP contribution in [0.4, 0.5) is 0 Å². The summed E-state index contributed by atoms with van der Waals surface area (Å²) in [5.74, 6) is 0.945. The van der Waals surface area contributed by atoms with Gasteiger partial charge in [-0.3, -0.25) is 4.57 Å². The van der Waals surface area contributed by atoms with Crippen LogP contribution in [0.25, 0.3) is 0 Å². The van der Waals surface area contributed by atoms with E-state index in [1.165, 1.54) is 0 Å². The third-order valence-electron chi connectivity index (χ3n) is 3.56. The molecule has 8 heteroatoms. The van der Waals surface area contributed by atoms with E-state index in [1.807, 2.05) is 45.3 Å². The number of nitrogens with zero attached hydrogens (tertiary/aromatic N) is 1. The molecule has 0 aliphatic carbocycles. The molecular weight excluding hydrogens is 321 g/mol. The summed E-state index contributed by atoms with van der Waals surface area (Å²) in [5, 5.41) is 10.9. The lowest BCUT2D eigenvalue weighted by atomic mass is 9.80. The summed E-state index contributed by atoms with van der Waals surface area (Å²) in [7, 11) is 0.809. The van der Waals surface area contributed by atoms with Gasteiger partial charge in [0.05, 0.1) is 12.7 Å². The van der Waals surface area contributed by atoms with Gasteiger partial charge in [0.15, 0.2) is 0 Å². The second-order valence-electron chi connectivity index (χ2n) is 5.66. The molecule has 0 amide bonds. The summed E-state index contributed by atoms with van der Waals surface area (Å²) in [6, 6.07) is 7.72. The van der Waals surface area contributed by atoms with Crippen molar-refractivity contribution in [1.29, 1.82) is 0 Å². The number of benzene rings is 1. The molecule has 3 N–H and O–H groups in total. The lowest BCUT2D eigenvalue weighted by Gasteiger charge is -2.35. The fourth-order valence-electron chi connectivity index (χ4n) is 2.43. The van der Waals surface area contributed by atoms with Gasteiger partial charge in [-0.15, -0.1) is 0 Å². The zero-order valence-electron chi connectivity index (χ0n) is 14.3. The van der Waals surface area contributed by atoms with Crippen molar-refractivity contribution in [2.24, 2.45) is 5.92 Å². The van der Waals surface area contributed by atoms with Gasteiger partial charge >= 0.3 is 0 Å². The summed E-state index contributed by atoms with van der Waals surface area (Å²) in [6.45, 7) is 4.95. The normalized spacial score (nSPS) is 15.4. The molecule has 7 nitrogen and oxygen atoms in total. The molecule has 0 aliphatic heterocycles. The van der Waals surface area contributed by atoms with Crippen LogP contribution in [0.2, 0.25) is 0 Å². The molecule has 0 fully saturated rings. The highest BCUT2D eigenvalue weighted by Crippen LogP contribution is 2.34. The number of phosphoric acid groups is 1. The Morgan fingerprint density at radius 2 is 1.91 bits per heavy atom. The van der Waals surface area contributed by atoms with Crippen LogP contribution >= 0.6 is 7.82 Å². The lowest BCUT2D eigenvalue weighted by molar-refractivity contribution is -0.214. The second-order valence-corrected chi connectivity index (χ2v) is 6.64. The summed E-state index contributed by atoms with van der Waals surface area (Å²) >= 11 is 0. The van der Waals surface area contributed by atoms with E-state index in [0.717, 1.165) is 17.9 Å². The van der Waals surface area contributed by atoms with Gasteiger partial charge in [0.1, 0.15) is 5.75 Å².